The highest BCUT2D eigenvalue weighted by Crippen LogP contribution is 2.32. The van der Waals surface area contributed by atoms with Crippen molar-refractivity contribution in [3.63, 3.8) is 0 Å². The molecule has 0 radical (unpaired) electrons. The molecule has 1 fully saturated rings. The molecule has 0 aliphatic carbocycles. The quantitative estimate of drug-likeness (QED) is 0.188. The molecule has 2 amide bonds. The number of halogens is 2. The van der Waals surface area contributed by atoms with Crippen LogP contribution in [0.5, 0.6) is 0 Å². The van der Waals surface area contributed by atoms with E-state index < -0.39 is 11.8 Å². The Morgan fingerprint density at radius 3 is 2.61 bits per heavy atom. The number of benzene rings is 3. The number of nitrogens with zero attached hydrogens (tertiary/aromatic N) is 4. The van der Waals surface area contributed by atoms with Gasteiger partial charge in [-0.05, 0) is 54.8 Å². The number of amides is 2. The molecule has 1 saturated heterocycles. The predicted molar refractivity (Wildman–Crippen MR) is 192 cm³/mol. The molecule has 3 N–H and O–H groups in total. The van der Waals surface area contributed by atoms with Gasteiger partial charge < -0.3 is 20.7 Å². The van der Waals surface area contributed by atoms with Crippen LogP contribution >= 0.6 is 23.2 Å². The summed E-state index contributed by atoms with van der Waals surface area (Å²) in [7, 11) is 0. The number of aromatic nitrogens is 2. The molecule has 3 heterocycles. The highest BCUT2D eigenvalue weighted by Gasteiger charge is 2.30. The van der Waals surface area contributed by atoms with Gasteiger partial charge in [-0.3, -0.25) is 19.2 Å². The van der Waals surface area contributed by atoms with E-state index in [2.05, 4.69) is 45.8 Å². The van der Waals surface area contributed by atoms with Crippen LogP contribution in [0.1, 0.15) is 46.9 Å². The molecule has 4 aromatic rings. The summed E-state index contributed by atoms with van der Waals surface area (Å²) in [5.41, 5.74) is 12.6. The van der Waals surface area contributed by atoms with Crippen molar-refractivity contribution in [2.45, 2.75) is 52.0 Å². The summed E-state index contributed by atoms with van der Waals surface area (Å²) in [6.45, 7) is 8.28. The van der Waals surface area contributed by atoms with E-state index in [0.717, 1.165) is 79.5 Å². The highest BCUT2D eigenvalue weighted by molar-refractivity contribution is 6.34. The van der Waals surface area contributed by atoms with Crippen molar-refractivity contribution in [1.82, 2.24) is 24.9 Å². The molecule has 6 rings (SSSR count). The van der Waals surface area contributed by atoms with Crippen LogP contribution < -0.4 is 11.1 Å². The first kappa shape index (κ1) is 34.7. The zero-order chi connectivity index (χ0) is 34.3. The maximum Gasteiger partial charge on any atom is 0.311 e. The van der Waals surface area contributed by atoms with Gasteiger partial charge in [-0.25, -0.2) is 0 Å². The Morgan fingerprint density at radius 1 is 1.00 bits per heavy atom. The average Bonchev–Trinajstić information content (AvgIpc) is 3.47. The maximum absolute atomic E-state index is 12.6. The van der Waals surface area contributed by atoms with Crippen molar-refractivity contribution in [3.05, 3.63) is 110 Å². The molecule has 2 aliphatic rings. The smallest absolute Gasteiger partial charge is 0.311 e. The molecule has 11 heteroatoms. The number of nitrogens with two attached hydrogens (primary N) is 1. The summed E-state index contributed by atoms with van der Waals surface area (Å²) in [6, 6.07) is 22.0. The van der Waals surface area contributed by atoms with Gasteiger partial charge >= 0.3 is 11.8 Å². The number of carbonyl (C=O) groups excluding carboxylic acids is 2. The summed E-state index contributed by atoms with van der Waals surface area (Å²) in [5, 5.41) is 9.72. The van der Waals surface area contributed by atoms with E-state index >= 15 is 0 Å². The van der Waals surface area contributed by atoms with Crippen LogP contribution in [0.4, 0.5) is 0 Å². The lowest BCUT2D eigenvalue weighted by Gasteiger charge is -2.33. The third-order valence-electron chi connectivity index (χ3n) is 9.07. The van der Waals surface area contributed by atoms with Crippen LogP contribution in [0.3, 0.4) is 0 Å². The lowest BCUT2D eigenvalue weighted by Crippen LogP contribution is -2.44. The number of rotatable bonds is 9. The van der Waals surface area contributed by atoms with E-state index in [9.17, 15) is 9.59 Å². The summed E-state index contributed by atoms with van der Waals surface area (Å²) in [5.74, 6) is 4.86. The SMILES string of the molecule is C[C@H]1COCCN1CCCn1nc(-c2ccc(Cl)c(C#Cc3ccc(Cl)c(CNCc4ccccc4)c3)c2)c2c1CCN(C(=O)C(N)=O)C2. The number of hydrogen-bond acceptors (Lipinski definition) is 6. The minimum absolute atomic E-state index is 0.252. The van der Waals surface area contributed by atoms with E-state index in [1.165, 1.54) is 10.5 Å². The number of hydrogen-bond donors (Lipinski definition) is 2. The van der Waals surface area contributed by atoms with Crippen LogP contribution in [0.15, 0.2) is 66.7 Å². The second-order valence-corrected chi connectivity index (χ2v) is 13.3. The topological polar surface area (TPSA) is 106 Å². The Balaban J connectivity index is 1.23. The van der Waals surface area contributed by atoms with Crippen LogP contribution in [-0.2, 0) is 46.9 Å². The minimum atomic E-state index is -0.960. The Kier molecular flexibility index (Phi) is 11.3. The van der Waals surface area contributed by atoms with Gasteiger partial charge in [0.25, 0.3) is 0 Å². The fourth-order valence-corrected chi connectivity index (χ4v) is 6.74. The van der Waals surface area contributed by atoms with Gasteiger partial charge in [0.15, 0.2) is 0 Å². The van der Waals surface area contributed by atoms with Crippen molar-refractivity contribution in [3.8, 4) is 23.1 Å². The van der Waals surface area contributed by atoms with Crippen LogP contribution in [0.25, 0.3) is 11.3 Å². The van der Waals surface area contributed by atoms with Crippen LogP contribution in [0.2, 0.25) is 10.0 Å². The van der Waals surface area contributed by atoms with E-state index in [4.69, 9.17) is 38.8 Å². The number of primary amides is 1. The highest BCUT2D eigenvalue weighted by atomic mass is 35.5. The van der Waals surface area contributed by atoms with E-state index in [1.54, 1.807) is 0 Å². The molecule has 3 aromatic carbocycles. The summed E-state index contributed by atoms with van der Waals surface area (Å²) < 4.78 is 7.66. The molecular formula is C38H40Cl2N6O3. The Bertz CT molecular complexity index is 1880. The fraction of sp³-hybridized carbons (Fsp3) is 0.342. The van der Waals surface area contributed by atoms with Gasteiger partial charge in [-0.2, -0.15) is 5.10 Å². The molecule has 1 atom stereocenters. The first-order chi connectivity index (χ1) is 23.8. The molecule has 0 bridgehead atoms. The molecule has 0 unspecified atom stereocenters. The van der Waals surface area contributed by atoms with Crippen LogP contribution in [-0.4, -0.2) is 70.3 Å². The largest absolute Gasteiger partial charge is 0.379 e. The predicted octanol–water partition coefficient (Wildman–Crippen LogP) is 5.03. The number of morpholine rings is 1. The number of fused-ring (bicyclic) bond motifs is 1. The molecule has 0 saturated carbocycles. The summed E-state index contributed by atoms with van der Waals surface area (Å²) in [4.78, 5) is 28.3. The summed E-state index contributed by atoms with van der Waals surface area (Å²) in [6.07, 6.45) is 1.50. The zero-order valence-corrected chi connectivity index (χ0v) is 29.1. The van der Waals surface area contributed by atoms with Gasteiger partial charge in [0.2, 0.25) is 0 Å². The molecule has 254 valence electrons. The first-order valence-electron chi connectivity index (χ1n) is 16.6. The molecule has 2 aliphatic heterocycles. The first-order valence-corrected chi connectivity index (χ1v) is 17.4. The van der Waals surface area contributed by atoms with Crippen molar-refractivity contribution in [1.29, 1.82) is 0 Å². The Labute approximate surface area is 297 Å². The minimum Gasteiger partial charge on any atom is -0.379 e. The monoisotopic (exact) mass is 698 g/mol. The van der Waals surface area contributed by atoms with E-state index in [-0.39, 0.29) is 6.54 Å². The normalized spacial score (nSPS) is 16.1. The average molecular weight is 700 g/mol. The van der Waals surface area contributed by atoms with Crippen molar-refractivity contribution in [2.24, 2.45) is 5.73 Å². The number of carbonyl (C=O) groups is 2. The number of ether oxygens (including phenoxy) is 1. The van der Waals surface area contributed by atoms with Gasteiger partial charge in [0.1, 0.15) is 0 Å². The van der Waals surface area contributed by atoms with Crippen LogP contribution in [0, 0.1) is 11.8 Å². The lowest BCUT2D eigenvalue weighted by molar-refractivity contribution is -0.144. The fourth-order valence-electron chi connectivity index (χ4n) is 6.39. The third-order valence-corrected chi connectivity index (χ3v) is 9.77. The summed E-state index contributed by atoms with van der Waals surface area (Å²) >= 11 is 13.2. The molecule has 0 spiro atoms. The second kappa shape index (κ2) is 16.0. The number of nitrogens with one attached hydrogen (secondary N) is 1. The Hall–Kier alpha value is -4.17. The lowest BCUT2D eigenvalue weighted by atomic mass is 9.99. The third kappa shape index (κ3) is 8.53. The van der Waals surface area contributed by atoms with E-state index in [1.807, 2.05) is 54.6 Å². The second-order valence-electron chi connectivity index (χ2n) is 12.5. The van der Waals surface area contributed by atoms with Crippen molar-refractivity contribution in [2.75, 3.05) is 32.8 Å². The van der Waals surface area contributed by atoms with Crippen molar-refractivity contribution >= 4 is 35.0 Å². The zero-order valence-electron chi connectivity index (χ0n) is 27.6. The Morgan fingerprint density at radius 2 is 1.82 bits per heavy atom. The van der Waals surface area contributed by atoms with Crippen molar-refractivity contribution < 1.29 is 14.3 Å². The van der Waals surface area contributed by atoms with E-state index in [0.29, 0.717) is 41.2 Å². The standard InChI is InChI=1S/C38H40Cl2N6O3/c1-26-25-49-19-18-44(26)15-5-16-46-35-14-17-45(38(48)37(41)47)24-32(35)36(43-46)30-11-13-33(39)29(21-30)10-8-27-9-12-34(40)31(20-27)23-42-22-28-6-3-2-4-7-28/h2-4,6-7,9,11-13,20-21,26,42H,5,14-19,22-25H2,1H3,(H2,41,47)/t26-/m0/s1. The van der Waals surface area contributed by atoms with Gasteiger partial charge in [0, 0.05) is 84.7 Å². The van der Waals surface area contributed by atoms with Gasteiger partial charge in [-0.1, -0.05) is 71.4 Å². The maximum atomic E-state index is 12.6. The molecular weight excluding hydrogens is 659 g/mol. The molecule has 9 nitrogen and oxygen atoms in total. The number of aryl methyl sites for hydroxylation is 1. The van der Waals surface area contributed by atoms with Gasteiger partial charge in [0.05, 0.1) is 30.5 Å². The van der Waals surface area contributed by atoms with Gasteiger partial charge in [-0.15, -0.1) is 0 Å². The molecule has 49 heavy (non-hydrogen) atoms. The molecule has 1 aromatic heterocycles.